The minimum atomic E-state index is 0.215. The molecule has 6 heteroatoms. The summed E-state index contributed by atoms with van der Waals surface area (Å²) in [7, 11) is 2.10. The topological polar surface area (TPSA) is 43.9 Å². The minimum absolute atomic E-state index is 0.215. The lowest BCUT2D eigenvalue weighted by molar-refractivity contribution is -0.133. The number of thioether (sulfide) groups is 1. The van der Waals surface area contributed by atoms with Crippen molar-refractivity contribution in [3.8, 4) is 0 Å². The number of carbonyl (C=O) groups is 2. The maximum Gasteiger partial charge on any atom is 0.226 e. The molecule has 0 spiro atoms. The zero-order chi connectivity index (χ0) is 19.9. The van der Waals surface area contributed by atoms with Crippen LogP contribution < -0.4 is 0 Å². The van der Waals surface area contributed by atoms with E-state index in [4.69, 9.17) is 0 Å². The van der Waals surface area contributed by atoms with Gasteiger partial charge in [0.25, 0.3) is 0 Å². The molecular weight excluding hydrogens is 370 g/mol. The van der Waals surface area contributed by atoms with Crippen molar-refractivity contribution in [1.29, 1.82) is 0 Å². The molecular formula is C22H33N3O2S. The first-order valence-corrected chi connectivity index (χ1v) is 11.6. The highest BCUT2D eigenvalue weighted by atomic mass is 32.2. The van der Waals surface area contributed by atoms with Crippen molar-refractivity contribution in [2.75, 3.05) is 52.6 Å². The molecule has 3 rings (SSSR count). The molecule has 1 atom stereocenters. The average Bonchev–Trinajstić information content (AvgIpc) is 2.73. The van der Waals surface area contributed by atoms with E-state index in [9.17, 15) is 9.59 Å². The van der Waals surface area contributed by atoms with Gasteiger partial charge in [-0.25, -0.2) is 0 Å². The summed E-state index contributed by atoms with van der Waals surface area (Å²) in [5, 5.41) is 0. The Morgan fingerprint density at radius 3 is 2.39 bits per heavy atom. The largest absolute Gasteiger partial charge is 0.342 e. The number of carbonyl (C=O) groups excluding carboxylic acids is 2. The Bertz CT molecular complexity index is 656. The van der Waals surface area contributed by atoms with Gasteiger partial charge >= 0.3 is 0 Å². The van der Waals surface area contributed by atoms with Gasteiger partial charge in [0, 0.05) is 50.6 Å². The smallest absolute Gasteiger partial charge is 0.226 e. The summed E-state index contributed by atoms with van der Waals surface area (Å²) in [6.45, 7) is 5.28. The number of hydrogen-bond donors (Lipinski definition) is 0. The summed E-state index contributed by atoms with van der Waals surface area (Å²) in [6.07, 6.45) is 6.22. The second-order valence-corrected chi connectivity index (χ2v) is 8.98. The summed E-state index contributed by atoms with van der Waals surface area (Å²) >= 11 is 1.71. The molecule has 2 aliphatic heterocycles. The molecule has 0 aromatic heterocycles. The van der Waals surface area contributed by atoms with Gasteiger partial charge in [0.15, 0.2) is 0 Å². The van der Waals surface area contributed by atoms with Crippen LogP contribution in [0.25, 0.3) is 0 Å². The van der Waals surface area contributed by atoms with Crippen LogP contribution in [0.5, 0.6) is 0 Å². The predicted molar refractivity (Wildman–Crippen MR) is 115 cm³/mol. The van der Waals surface area contributed by atoms with Crippen molar-refractivity contribution < 1.29 is 9.59 Å². The molecule has 2 heterocycles. The van der Waals surface area contributed by atoms with Gasteiger partial charge in [-0.1, -0.05) is 12.1 Å². The Morgan fingerprint density at radius 2 is 1.71 bits per heavy atom. The number of piperidine rings is 1. The van der Waals surface area contributed by atoms with Crippen molar-refractivity contribution in [3.63, 3.8) is 0 Å². The number of nitrogens with zero attached hydrogens (tertiary/aromatic N) is 3. The summed E-state index contributed by atoms with van der Waals surface area (Å²) < 4.78 is 0. The molecule has 0 saturated carbocycles. The van der Waals surface area contributed by atoms with E-state index in [0.717, 1.165) is 64.1 Å². The highest BCUT2D eigenvalue weighted by molar-refractivity contribution is 7.98. The third-order valence-electron chi connectivity index (χ3n) is 6.01. The van der Waals surface area contributed by atoms with E-state index in [1.54, 1.807) is 11.8 Å². The number of rotatable bonds is 6. The number of piperazine rings is 1. The van der Waals surface area contributed by atoms with Crippen molar-refractivity contribution in [1.82, 2.24) is 14.7 Å². The van der Waals surface area contributed by atoms with E-state index >= 15 is 0 Å². The van der Waals surface area contributed by atoms with E-state index in [2.05, 4.69) is 42.5 Å². The molecule has 0 aliphatic carbocycles. The summed E-state index contributed by atoms with van der Waals surface area (Å²) in [5.41, 5.74) is 1.08. The quantitative estimate of drug-likeness (QED) is 0.685. The first kappa shape index (κ1) is 21.2. The molecule has 2 aliphatic rings. The summed E-state index contributed by atoms with van der Waals surface area (Å²) in [6, 6.07) is 8.27. The van der Waals surface area contributed by atoms with Gasteiger partial charge < -0.3 is 14.7 Å². The number of hydrogen-bond acceptors (Lipinski definition) is 4. The molecule has 0 bridgehead atoms. The number of benzene rings is 1. The molecule has 5 nitrogen and oxygen atoms in total. The highest BCUT2D eigenvalue weighted by Crippen LogP contribution is 2.23. The van der Waals surface area contributed by atoms with Gasteiger partial charge in [0.1, 0.15) is 0 Å². The minimum Gasteiger partial charge on any atom is -0.342 e. The molecule has 1 unspecified atom stereocenters. The van der Waals surface area contributed by atoms with Gasteiger partial charge in [-0.2, -0.15) is 0 Å². The molecule has 0 N–H and O–H groups in total. The number of likely N-dealkylation sites (tertiary alicyclic amines) is 1. The standard InChI is InChI=1S/C22H33N3O2S/c1-23-12-14-24(15-13-23)21(26)10-7-19-4-3-11-25(17-19)22(27)16-18-5-8-20(28-2)9-6-18/h5-6,8-9,19H,3-4,7,10-17H2,1-2H3. The SMILES string of the molecule is CSc1ccc(CC(=O)N2CCCC(CCC(=O)N3CCN(C)CC3)C2)cc1. The van der Waals surface area contributed by atoms with Crippen LogP contribution in [0.4, 0.5) is 0 Å². The summed E-state index contributed by atoms with van der Waals surface area (Å²) in [5.74, 6) is 0.949. The van der Waals surface area contributed by atoms with E-state index in [-0.39, 0.29) is 11.8 Å². The monoisotopic (exact) mass is 403 g/mol. The van der Waals surface area contributed by atoms with Crippen LogP contribution in [-0.4, -0.2) is 79.1 Å². The normalized spacial score (nSPS) is 21.0. The third kappa shape index (κ3) is 5.98. The summed E-state index contributed by atoms with van der Waals surface area (Å²) in [4.78, 5) is 32.7. The van der Waals surface area contributed by atoms with Crippen molar-refractivity contribution in [2.45, 2.75) is 37.0 Å². The average molecular weight is 404 g/mol. The lowest BCUT2D eigenvalue weighted by atomic mass is 9.92. The van der Waals surface area contributed by atoms with Crippen LogP contribution in [0, 0.1) is 5.92 Å². The fourth-order valence-electron chi connectivity index (χ4n) is 4.10. The van der Waals surface area contributed by atoms with Gasteiger partial charge in [-0.15, -0.1) is 11.8 Å². The molecule has 1 aromatic rings. The Labute approximate surface area is 173 Å². The van der Waals surface area contributed by atoms with Crippen molar-refractivity contribution >= 4 is 23.6 Å². The second-order valence-electron chi connectivity index (χ2n) is 8.10. The van der Waals surface area contributed by atoms with Crippen LogP contribution in [0.3, 0.4) is 0 Å². The Morgan fingerprint density at radius 1 is 1.00 bits per heavy atom. The molecule has 28 heavy (non-hydrogen) atoms. The molecule has 154 valence electrons. The lowest BCUT2D eigenvalue weighted by Gasteiger charge is -2.34. The molecule has 2 saturated heterocycles. The van der Waals surface area contributed by atoms with Gasteiger partial charge in [-0.05, 0) is 56.2 Å². The van der Waals surface area contributed by atoms with E-state index in [1.807, 2.05) is 9.80 Å². The predicted octanol–water partition coefficient (Wildman–Crippen LogP) is 2.74. The highest BCUT2D eigenvalue weighted by Gasteiger charge is 2.25. The fourth-order valence-corrected chi connectivity index (χ4v) is 4.51. The van der Waals surface area contributed by atoms with Crippen LogP contribution in [-0.2, 0) is 16.0 Å². The van der Waals surface area contributed by atoms with Crippen LogP contribution in [0.1, 0.15) is 31.2 Å². The zero-order valence-electron chi connectivity index (χ0n) is 17.2. The maximum atomic E-state index is 12.7. The van der Waals surface area contributed by atoms with Crippen molar-refractivity contribution in [2.24, 2.45) is 5.92 Å². The number of likely N-dealkylation sites (N-methyl/N-ethyl adjacent to an activating group) is 1. The second kappa shape index (κ2) is 10.3. The number of amides is 2. The van der Waals surface area contributed by atoms with Crippen LogP contribution >= 0.6 is 11.8 Å². The molecule has 2 amide bonds. The van der Waals surface area contributed by atoms with Gasteiger partial charge in [-0.3, -0.25) is 9.59 Å². The molecule has 2 fully saturated rings. The van der Waals surface area contributed by atoms with E-state index < -0.39 is 0 Å². The van der Waals surface area contributed by atoms with Gasteiger partial charge in [0.2, 0.25) is 11.8 Å². The molecule has 1 aromatic carbocycles. The van der Waals surface area contributed by atoms with Crippen LogP contribution in [0.15, 0.2) is 29.2 Å². The molecule has 0 radical (unpaired) electrons. The van der Waals surface area contributed by atoms with E-state index in [0.29, 0.717) is 18.8 Å². The maximum absolute atomic E-state index is 12.7. The first-order chi connectivity index (χ1) is 13.5. The third-order valence-corrected chi connectivity index (χ3v) is 6.75. The van der Waals surface area contributed by atoms with Gasteiger partial charge in [0.05, 0.1) is 6.42 Å². The Hall–Kier alpha value is -1.53. The first-order valence-electron chi connectivity index (χ1n) is 10.4. The van der Waals surface area contributed by atoms with E-state index in [1.165, 1.54) is 4.90 Å². The van der Waals surface area contributed by atoms with Crippen LogP contribution in [0.2, 0.25) is 0 Å². The Balaban J connectivity index is 1.44. The van der Waals surface area contributed by atoms with Crippen molar-refractivity contribution in [3.05, 3.63) is 29.8 Å². The zero-order valence-corrected chi connectivity index (χ0v) is 18.0. The lowest BCUT2D eigenvalue weighted by Crippen LogP contribution is -2.47. The fraction of sp³-hybridized carbons (Fsp3) is 0.636. The Kier molecular flexibility index (Phi) is 7.80.